The topological polar surface area (TPSA) is 341 Å². The van der Waals surface area contributed by atoms with E-state index in [1.807, 2.05) is 42.2 Å². The Kier molecular flexibility index (Phi) is 35.1. The summed E-state index contributed by atoms with van der Waals surface area (Å²) >= 11 is 1.45. The van der Waals surface area contributed by atoms with Gasteiger partial charge in [-0.2, -0.15) is 11.8 Å². The standard InChI is InChI=1S/C46H73N9O13S.C9H9N.CH4O/c1-33(2)38(57)9-4-5-10-39(58)47-16-7-6-8-37(46(67)68)50-40(59)29-49-45(66)36(15-27-69-3)51-44(65)35-13-11-34(12-14-35)28-48-41(60)30-53-19-17-52(25-26-56)18-20-54(31-42(61)62)23-24-55(22-21-53)32-43(63)64;1-7-6-10-9-5-3-2-4-8(7)9;1-2/h11-14,26,33,36-37H,4-10,15-25,27-32H2,1-3H3,(H,47,58)(H,48,60)(H,49,66)(H,50,59)(H,51,65)(H,61,62)(H,63,64)(H,67,68);2-6,10H,1H3;2H,1H3. The summed E-state index contributed by atoms with van der Waals surface area (Å²) in [5, 5.41) is 50.1. The minimum Gasteiger partial charge on any atom is -0.480 e. The number of fused-ring (bicyclic) bond motifs is 1. The number of Topliss-reactive ketones (excluding diaryl/α,β-unsaturated/α-hetero) is 1. The third-order valence-corrected chi connectivity index (χ3v) is 13.7. The van der Waals surface area contributed by atoms with Gasteiger partial charge < -0.3 is 56.8 Å². The number of hydrogen-bond acceptors (Lipinski definition) is 16. The molecule has 2 atom stereocenters. The van der Waals surface area contributed by atoms with Gasteiger partial charge >= 0.3 is 17.9 Å². The Balaban J connectivity index is 0.00000164. The number of carboxylic acids is 3. The van der Waals surface area contributed by atoms with Crippen molar-refractivity contribution in [3.8, 4) is 0 Å². The van der Waals surface area contributed by atoms with Crippen LogP contribution in [-0.4, -0.2) is 227 Å². The van der Waals surface area contributed by atoms with Crippen LogP contribution in [0.3, 0.4) is 0 Å². The number of unbranched alkanes of at least 4 members (excludes halogenated alkanes) is 2. The molecule has 3 aromatic rings. The molecule has 0 bridgehead atoms. The Bertz CT molecular complexity index is 2440. The highest BCUT2D eigenvalue weighted by Crippen LogP contribution is 2.16. The van der Waals surface area contributed by atoms with E-state index in [0.717, 1.165) is 13.4 Å². The number of carbonyl (C=O) groups is 10. The van der Waals surface area contributed by atoms with E-state index in [9.17, 15) is 63.3 Å². The van der Waals surface area contributed by atoms with E-state index in [-0.39, 0.29) is 74.6 Å². The Morgan fingerprint density at radius 1 is 0.654 bits per heavy atom. The number of aromatic amines is 1. The zero-order valence-corrected chi connectivity index (χ0v) is 48.4. The smallest absolute Gasteiger partial charge is 0.326 e. The number of aliphatic hydroxyl groups excluding tert-OH is 1. The minimum atomic E-state index is -1.25. The summed E-state index contributed by atoms with van der Waals surface area (Å²) in [5.41, 5.74) is 3.45. The van der Waals surface area contributed by atoms with Crippen LogP contribution in [0.15, 0.2) is 54.7 Å². The van der Waals surface area contributed by atoms with Crippen LogP contribution in [0, 0.1) is 12.8 Å². The van der Waals surface area contributed by atoms with Crippen LogP contribution in [0.1, 0.15) is 86.7 Å². The molecule has 1 aliphatic heterocycles. The number of aliphatic hydroxyl groups is 1. The van der Waals surface area contributed by atoms with E-state index in [2.05, 4.69) is 56.7 Å². The lowest BCUT2D eigenvalue weighted by Gasteiger charge is -2.32. The predicted octanol–water partition coefficient (Wildman–Crippen LogP) is 1.59. The monoisotopic (exact) mass is 1150 g/mol. The number of thioether (sulfide) groups is 1. The van der Waals surface area contributed by atoms with Crippen molar-refractivity contribution in [2.45, 2.75) is 90.8 Å². The van der Waals surface area contributed by atoms with Crippen molar-refractivity contribution in [2.24, 2.45) is 5.92 Å². The van der Waals surface area contributed by atoms with Crippen LogP contribution in [0.2, 0.25) is 0 Å². The van der Waals surface area contributed by atoms with Crippen molar-refractivity contribution in [2.75, 3.05) is 111 Å². The molecule has 10 N–H and O–H groups in total. The van der Waals surface area contributed by atoms with Crippen LogP contribution in [-0.2, 0) is 49.7 Å². The number of para-hydroxylation sites is 1. The first-order chi connectivity index (χ1) is 38.8. The molecular formula is C56H86N10O14S. The Morgan fingerprint density at radius 3 is 1.79 bits per heavy atom. The number of ketones is 1. The van der Waals surface area contributed by atoms with E-state index >= 15 is 0 Å². The van der Waals surface area contributed by atoms with Gasteiger partial charge in [0.2, 0.25) is 23.6 Å². The zero-order valence-electron chi connectivity index (χ0n) is 47.5. The number of aryl methyl sites for hydroxylation is 1. The molecule has 0 saturated carbocycles. The van der Waals surface area contributed by atoms with Gasteiger partial charge in [0.15, 0.2) is 0 Å². The van der Waals surface area contributed by atoms with Gasteiger partial charge in [0.05, 0.1) is 32.7 Å². The number of aliphatic carboxylic acids is 3. The molecule has 2 unspecified atom stereocenters. The maximum Gasteiger partial charge on any atom is 0.326 e. The molecule has 1 aromatic heterocycles. The lowest BCUT2D eigenvalue weighted by Crippen LogP contribution is -2.51. The number of aldehydes is 1. The van der Waals surface area contributed by atoms with E-state index in [4.69, 9.17) is 5.11 Å². The van der Waals surface area contributed by atoms with Crippen molar-refractivity contribution in [1.29, 1.82) is 0 Å². The molecule has 2 heterocycles. The summed E-state index contributed by atoms with van der Waals surface area (Å²) in [6, 6.07) is 12.5. The molecule has 24 nitrogen and oxygen atoms in total. The minimum absolute atomic E-state index is 0.0168. The van der Waals surface area contributed by atoms with Gasteiger partial charge in [-0.15, -0.1) is 0 Å². The molecule has 81 heavy (non-hydrogen) atoms. The summed E-state index contributed by atoms with van der Waals surface area (Å²) in [7, 11) is 1.00. The molecule has 0 aliphatic carbocycles. The molecule has 0 radical (unpaired) electrons. The number of hydrogen-bond donors (Lipinski definition) is 10. The van der Waals surface area contributed by atoms with Gasteiger partial charge in [0, 0.05) is 114 Å². The third-order valence-electron chi connectivity index (χ3n) is 13.1. The van der Waals surface area contributed by atoms with E-state index in [0.29, 0.717) is 109 Å². The zero-order chi connectivity index (χ0) is 60.1. The number of nitrogens with zero attached hydrogens (tertiary/aromatic N) is 4. The third kappa shape index (κ3) is 30.0. The SMILES string of the molecule is CO.CSCCC(NC(=O)c1ccc(CNC(=O)CN2CCN(CC=O)CCN(CC(=O)O)CCN(CC(=O)O)CC2)cc1)C(=O)NCC(=O)NC(CCCCNC(=O)CCCCC(=O)C(C)C)C(=O)O.Cc1c[nH]c2ccccc12. The molecule has 1 fully saturated rings. The molecule has 4 rings (SSSR count). The second-order valence-corrected chi connectivity index (χ2v) is 20.7. The van der Waals surface area contributed by atoms with Gasteiger partial charge in [0.1, 0.15) is 24.2 Å². The van der Waals surface area contributed by atoms with Crippen LogP contribution < -0.4 is 26.6 Å². The quantitative estimate of drug-likeness (QED) is 0.0323. The second-order valence-electron chi connectivity index (χ2n) is 19.7. The van der Waals surface area contributed by atoms with Crippen LogP contribution in [0.5, 0.6) is 0 Å². The van der Waals surface area contributed by atoms with Crippen molar-refractivity contribution in [1.82, 2.24) is 51.2 Å². The van der Waals surface area contributed by atoms with Gasteiger partial charge in [-0.25, -0.2) is 4.79 Å². The van der Waals surface area contributed by atoms with Crippen molar-refractivity contribution >= 4 is 82.2 Å². The van der Waals surface area contributed by atoms with E-state index in [1.54, 1.807) is 34.1 Å². The number of carboxylic acid groups (broad SMARTS) is 3. The van der Waals surface area contributed by atoms with Gasteiger partial charge in [-0.05, 0) is 86.8 Å². The van der Waals surface area contributed by atoms with Crippen molar-refractivity contribution in [3.05, 3.63) is 71.4 Å². The van der Waals surface area contributed by atoms with E-state index in [1.165, 1.54) is 28.2 Å². The number of benzene rings is 2. The molecule has 25 heteroatoms. The molecular weight excluding hydrogens is 1070 g/mol. The Labute approximate surface area is 478 Å². The number of carbonyl (C=O) groups excluding carboxylic acids is 7. The second kappa shape index (κ2) is 40.4. The lowest BCUT2D eigenvalue weighted by atomic mass is 10.0. The number of amides is 5. The molecule has 450 valence electrons. The maximum atomic E-state index is 13.3. The number of aromatic nitrogens is 1. The Hall–Kier alpha value is -6.77. The largest absolute Gasteiger partial charge is 0.480 e. The van der Waals surface area contributed by atoms with Gasteiger partial charge in [-0.1, -0.05) is 44.2 Å². The van der Waals surface area contributed by atoms with Crippen LogP contribution in [0.25, 0.3) is 10.9 Å². The number of nitrogens with one attached hydrogen (secondary N) is 6. The van der Waals surface area contributed by atoms with Crippen molar-refractivity contribution in [3.63, 3.8) is 0 Å². The fourth-order valence-electron chi connectivity index (χ4n) is 8.38. The molecule has 2 aromatic carbocycles. The Morgan fingerprint density at radius 2 is 1.23 bits per heavy atom. The van der Waals surface area contributed by atoms with Crippen LogP contribution >= 0.6 is 11.8 Å². The first-order valence-electron chi connectivity index (χ1n) is 27.3. The highest BCUT2D eigenvalue weighted by atomic mass is 32.2. The maximum absolute atomic E-state index is 13.3. The number of H-pyrrole nitrogens is 1. The highest BCUT2D eigenvalue weighted by molar-refractivity contribution is 7.98. The predicted molar refractivity (Wildman–Crippen MR) is 309 cm³/mol. The first-order valence-corrected chi connectivity index (χ1v) is 28.7. The summed E-state index contributed by atoms with van der Waals surface area (Å²) < 4.78 is 0. The summed E-state index contributed by atoms with van der Waals surface area (Å²) in [6.45, 7) is 8.15. The normalized spacial score (nSPS) is 14.5. The van der Waals surface area contributed by atoms with Gasteiger partial charge in [0.25, 0.3) is 5.91 Å². The first kappa shape index (κ1) is 70.3. The average Bonchev–Trinajstić information content (AvgIpc) is 3.85. The lowest BCUT2D eigenvalue weighted by molar-refractivity contribution is -0.142. The molecule has 5 amide bonds. The molecule has 0 spiro atoms. The fourth-order valence-corrected chi connectivity index (χ4v) is 8.85. The highest BCUT2D eigenvalue weighted by Gasteiger charge is 2.25. The van der Waals surface area contributed by atoms with Gasteiger partial charge in [-0.3, -0.25) is 58.0 Å². The molecule has 1 saturated heterocycles. The summed E-state index contributed by atoms with van der Waals surface area (Å²) in [6.07, 6.45) is 7.81. The van der Waals surface area contributed by atoms with Crippen molar-refractivity contribution < 1.29 is 68.4 Å². The van der Waals surface area contributed by atoms with E-state index < -0.39 is 54.3 Å². The summed E-state index contributed by atoms with van der Waals surface area (Å²) in [4.78, 5) is 133. The van der Waals surface area contributed by atoms with Crippen LogP contribution in [0.4, 0.5) is 0 Å². The average molecular weight is 1160 g/mol. The molecule has 1 aliphatic rings. The number of rotatable bonds is 31. The fraction of sp³-hybridized carbons (Fsp3) is 0.571. The summed E-state index contributed by atoms with van der Waals surface area (Å²) in [5.74, 6) is -5.03.